The Morgan fingerprint density at radius 3 is 2.48 bits per heavy atom. The molecule has 5 nitrogen and oxygen atoms in total. The number of imidazole rings is 1. The van der Waals surface area contributed by atoms with Gasteiger partial charge in [0.05, 0.1) is 6.33 Å². The van der Waals surface area contributed by atoms with Crippen LogP contribution in [0.1, 0.15) is 65.1 Å². The van der Waals surface area contributed by atoms with Gasteiger partial charge in [-0.1, -0.05) is 0 Å². The van der Waals surface area contributed by atoms with Crippen LogP contribution in [-0.2, 0) is 4.74 Å². The number of rotatable bonds is 2. The molecule has 0 atom stereocenters. The molecule has 1 aromatic heterocycles. The van der Waals surface area contributed by atoms with E-state index in [1.54, 1.807) is 0 Å². The van der Waals surface area contributed by atoms with Crippen LogP contribution in [-0.4, -0.2) is 39.2 Å². The maximum Gasteiger partial charge on any atom is 0.410 e. The summed E-state index contributed by atoms with van der Waals surface area (Å²) in [5.41, 5.74) is 0.860. The lowest BCUT2D eigenvalue weighted by atomic mass is 9.93. The highest BCUT2D eigenvalue weighted by atomic mass is 16.6. The molecule has 1 amide bonds. The SMILES string of the molecule is CC(C)n1cncc1C1CCN(C(=O)OC(C)(C)C)CC1. The normalized spacial score (nSPS) is 17.3. The third-order valence-corrected chi connectivity index (χ3v) is 3.82. The molecule has 1 aliphatic heterocycles. The van der Waals surface area contributed by atoms with E-state index in [2.05, 4.69) is 23.4 Å². The van der Waals surface area contributed by atoms with Crippen LogP contribution in [0, 0.1) is 0 Å². The second-order valence-corrected chi connectivity index (χ2v) is 7.06. The molecule has 0 saturated carbocycles. The van der Waals surface area contributed by atoms with Gasteiger partial charge in [-0.15, -0.1) is 0 Å². The fraction of sp³-hybridized carbons (Fsp3) is 0.750. The molecule has 2 heterocycles. The van der Waals surface area contributed by atoms with Gasteiger partial charge in [-0.25, -0.2) is 9.78 Å². The Labute approximate surface area is 127 Å². The van der Waals surface area contributed by atoms with Gasteiger partial charge < -0.3 is 14.2 Å². The number of amides is 1. The molecule has 0 unspecified atom stereocenters. The number of carbonyl (C=O) groups is 1. The van der Waals surface area contributed by atoms with Crippen molar-refractivity contribution in [3.8, 4) is 0 Å². The summed E-state index contributed by atoms with van der Waals surface area (Å²) in [6, 6.07) is 0.423. The summed E-state index contributed by atoms with van der Waals surface area (Å²) < 4.78 is 7.66. The molecule has 1 aliphatic rings. The Hall–Kier alpha value is -1.52. The second kappa shape index (κ2) is 6.08. The second-order valence-electron chi connectivity index (χ2n) is 7.06. The number of piperidine rings is 1. The average Bonchev–Trinajstić information content (AvgIpc) is 2.86. The van der Waals surface area contributed by atoms with Crippen LogP contribution in [0.15, 0.2) is 12.5 Å². The lowest BCUT2D eigenvalue weighted by Crippen LogP contribution is -2.41. The van der Waals surface area contributed by atoms with Gasteiger partial charge in [0.25, 0.3) is 0 Å². The maximum atomic E-state index is 12.1. The van der Waals surface area contributed by atoms with Crippen molar-refractivity contribution in [1.82, 2.24) is 14.5 Å². The van der Waals surface area contributed by atoms with Crippen LogP contribution >= 0.6 is 0 Å². The van der Waals surface area contributed by atoms with Gasteiger partial charge in [0.2, 0.25) is 0 Å². The van der Waals surface area contributed by atoms with Crippen LogP contribution in [0.25, 0.3) is 0 Å². The van der Waals surface area contributed by atoms with E-state index in [0.29, 0.717) is 12.0 Å². The van der Waals surface area contributed by atoms with Crippen molar-refractivity contribution in [2.24, 2.45) is 0 Å². The average molecular weight is 293 g/mol. The monoisotopic (exact) mass is 293 g/mol. The van der Waals surface area contributed by atoms with Crippen molar-refractivity contribution in [1.29, 1.82) is 0 Å². The third-order valence-electron chi connectivity index (χ3n) is 3.82. The minimum absolute atomic E-state index is 0.196. The molecule has 1 aromatic rings. The zero-order chi connectivity index (χ0) is 15.6. The Morgan fingerprint density at radius 1 is 1.33 bits per heavy atom. The minimum Gasteiger partial charge on any atom is -0.444 e. The molecular formula is C16H27N3O2. The summed E-state index contributed by atoms with van der Waals surface area (Å²) in [7, 11) is 0. The predicted molar refractivity (Wildman–Crippen MR) is 82.4 cm³/mol. The summed E-state index contributed by atoms with van der Waals surface area (Å²) in [6.45, 7) is 11.5. The summed E-state index contributed by atoms with van der Waals surface area (Å²) in [4.78, 5) is 18.2. The number of nitrogens with zero attached hydrogens (tertiary/aromatic N) is 3. The number of aromatic nitrogens is 2. The molecule has 2 rings (SSSR count). The van der Waals surface area contributed by atoms with E-state index in [4.69, 9.17) is 4.74 Å². The van der Waals surface area contributed by atoms with Gasteiger partial charge in [-0.3, -0.25) is 0 Å². The molecule has 21 heavy (non-hydrogen) atoms. The predicted octanol–water partition coefficient (Wildman–Crippen LogP) is 3.58. The van der Waals surface area contributed by atoms with E-state index in [-0.39, 0.29) is 6.09 Å². The summed E-state index contributed by atoms with van der Waals surface area (Å²) >= 11 is 0. The van der Waals surface area contributed by atoms with Crippen molar-refractivity contribution in [2.75, 3.05) is 13.1 Å². The minimum atomic E-state index is -0.426. The number of ether oxygens (including phenoxy) is 1. The Bertz CT molecular complexity index is 480. The highest BCUT2D eigenvalue weighted by Gasteiger charge is 2.28. The largest absolute Gasteiger partial charge is 0.444 e. The molecule has 1 fully saturated rings. The summed E-state index contributed by atoms with van der Waals surface area (Å²) in [6.07, 6.45) is 5.61. The fourth-order valence-corrected chi connectivity index (χ4v) is 2.75. The van der Waals surface area contributed by atoms with E-state index in [0.717, 1.165) is 25.9 Å². The first-order valence-corrected chi connectivity index (χ1v) is 7.77. The number of hydrogen-bond acceptors (Lipinski definition) is 3. The molecule has 0 aliphatic carbocycles. The molecule has 0 radical (unpaired) electrons. The molecule has 118 valence electrons. The van der Waals surface area contributed by atoms with Crippen LogP contribution in [0.5, 0.6) is 0 Å². The fourth-order valence-electron chi connectivity index (χ4n) is 2.75. The van der Waals surface area contributed by atoms with Gasteiger partial charge in [-0.05, 0) is 47.5 Å². The summed E-state index contributed by atoms with van der Waals surface area (Å²) in [5.74, 6) is 0.480. The van der Waals surface area contributed by atoms with Gasteiger partial charge in [0.15, 0.2) is 0 Å². The highest BCUT2D eigenvalue weighted by molar-refractivity contribution is 5.68. The Balaban J connectivity index is 1.94. The molecule has 5 heteroatoms. The Morgan fingerprint density at radius 2 is 1.95 bits per heavy atom. The molecule has 0 aromatic carbocycles. The lowest BCUT2D eigenvalue weighted by molar-refractivity contribution is 0.0203. The van der Waals surface area contributed by atoms with Crippen molar-refractivity contribution >= 4 is 6.09 Å². The zero-order valence-corrected chi connectivity index (χ0v) is 13.8. The Kier molecular flexibility index (Phi) is 4.59. The summed E-state index contributed by atoms with van der Waals surface area (Å²) in [5, 5.41) is 0. The van der Waals surface area contributed by atoms with E-state index in [1.807, 2.05) is 38.2 Å². The first kappa shape index (κ1) is 15.9. The van der Waals surface area contributed by atoms with Gasteiger partial charge in [-0.2, -0.15) is 0 Å². The number of carbonyl (C=O) groups excluding carboxylic acids is 1. The first-order valence-electron chi connectivity index (χ1n) is 7.77. The molecule has 1 saturated heterocycles. The van der Waals surface area contributed by atoms with Crippen molar-refractivity contribution < 1.29 is 9.53 Å². The van der Waals surface area contributed by atoms with Crippen LogP contribution in [0.3, 0.4) is 0 Å². The first-order chi connectivity index (χ1) is 9.78. The van der Waals surface area contributed by atoms with Gasteiger partial charge >= 0.3 is 6.09 Å². The molecule has 0 N–H and O–H groups in total. The maximum absolute atomic E-state index is 12.1. The smallest absolute Gasteiger partial charge is 0.410 e. The molecule has 0 spiro atoms. The van der Waals surface area contributed by atoms with Crippen LogP contribution in [0.4, 0.5) is 4.79 Å². The molecular weight excluding hydrogens is 266 g/mol. The number of likely N-dealkylation sites (tertiary alicyclic amines) is 1. The standard InChI is InChI=1S/C16H27N3O2/c1-12(2)19-11-17-10-14(19)13-6-8-18(9-7-13)15(20)21-16(3,4)5/h10-13H,6-9H2,1-5H3. The third kappa shape index (κ3) is 3.99. The zero-order valence-electron chi connectivity index (χ0n) is 13.8. The van der Waals surface area contributed by atoms with Gasteiger partial charge in [0.1, 0.15) is 5.60 Å². The van der Waals surface area contributed by atoms with Gasteiger partial charge in [0, 0.05) is 36.9 Å². The van der Waals surface area contributed by atoms with Crippen LogP contribution in [0.2, 0.25) is 0 Å². The van der Waals surface area contributed by atoms with Crippen molar-refractivity contribution in [3.63, 3.8) is 0 Å². The van der Waals surface area contributed by atoms with E-state index < -0.39 is 5.60 Å². The van der Waals surface area contributed by atoms with E-state index >= 15 is 0 Å². The van der Waals surface area contributed by atoms with E-state index in [9.17, 15) is 4.79 Å². The lowest BCUT2D eigenvalue weighted by Gasteiger charge is -2.34. The highest BCUT2D eigenvalue weighted by Crippen LogP contribution is 2.29. The topological polar surface area (TPSA) is 47.4 Å². The van der Waals surface area contributed by atoms with Crippen LogP contribution < -0.4 is 0 Å². The quantitative estimate of drug-likeness (QED) is 0.837. The number of hydrogen-bond donors (Lipinski definition) is 0. The van der Waals surface area contributed by atoms with E-state index in [1.165, 1.54) is 5.69 Å². The van der Waals surface area contributed by atoms with Crippen molar-refractivity contribution in [3.05, 3.63) is 18.2 Å². The molecule has 0 bridgehead atoms. The van der Waals surface area contributed by atoms with Crippen molar-refractivity contribution in [2.45, 2.75) is 65.0 Å².